The highest BCUT2D eigenvalue weighted by atomic mass is 35.5. The third-order valence-corrected chi connectivity index (χ3v) is 0.835. The molecule has 1 nitrogen and oxygen atoms in total. The van der Waals surface area contributed by atoms with E-state index >= 15 is 0 Å². The number of alkyl halides is 1. The van der Waals surface area contributed by atoms with Crippen LogP contribution in [0.2, 0.25) is 0 Å². The Balaban J connectivity index is 2.34. The smallest absolute Gasteiger partial charge is 0.0749 e. The van der Waals surface area contributed by atoms with Crippen LogP contribution in [0.5, 0.6) is 0 Å². The minimum atomic E-state index is 0.584. The largest absolute Gasteiger partial charge is 0.314 e. The van der Waals surface area contributed by atoms with Crippen LogP contribution >= 0.6 is 23.6 Å². The Labute approximate surface area is 47.2 Å². The zero-order valence-corrected chi connectivity index (χ0v) is 5.18. The Kier molecular flexibility index (Phi) is 6.16. The Morgan fingerprint density at radius 2 is 2.50 bits per heavy atom. The van der Waals surface area contributed by atoms with Gasteiger partial charge in [0.05, 0.1) is 6.61 Å². The first-order chi connectivity index (χ1) is 2.91. The molecule has 0 rings (SSSR count). The molecule has 0 aromatic carbocycles. The van der Waals surface area contributed by atoms with Gasteiger partial charge in [-0.3, -0.25) is 0 Å². The molecule has 0 saturated heterocycles. The second kappa shape index (κ2) is 5.60. The first-order valence-corrected chi connectivity index (χ1v) is 3.32. The van der Waals surface area contributed by atoms with Crippen molar-refractivity contribution in [3.8, 4) is 0 Å². The minimum absolute atomic E-state index is 0.584. The summed E-state index contributed by atoms with van der Waals surface area (Å²) in [6.45, 7) is 0.642. The Hall–Kier alpha value is 0.600. The topological polar surface area (TPSA) is 9.23 Å². The molecule has 0 radical (unpaired) electrons. The lowest BCUT2D eigenvalue weighted by Gasteiger charge is -1.88. The van der Waals surface area contributed by atoms with Gasteiger partial charge in [-0.05, 0) is 12.0 Å². The van der Waals surface area contributed by atoms with Gasteiger partial charge >= 0.3 is 0 Å². The van der Waals surface area contributed by atoms with E-state index in [0.717, 1.165) is 0 Å². The fourth-order valence-corrected chi connectivity index (χ4v) is 0.533. The van der Waals surface area contributed by atoms with E-state index in [1.54, 1.807) is 0 Å². The summed E-state index contributed by atoms with van der Waals surface area (Å²) >= 11 is 6.58. The van der Waals surface area contributed by atoms with Crippen molar-refractivity contribution in [2.75, 3.05) is 18.7 Å². The molecule has 0 heterocycles. The molecule has 0 aromatic rings. The van der Waals surface area contributed by atoms with Crippen molar-refractivity contribution in [1.82, 2.24) is 0 Å². The summed E-state index contributed by atoms with van der Waals surface area (Å²) in [4.78, 5) is 0. The molecular weight excluding hydrogens is 120 g/mol. The average molecular weight is 127 g/mol. The Morgan fingerprint density at radius 3 is 2.67 bits per heavy atom. The van der Waals surface area contributed by atoms with E-state index in [9.17, 15) is 0 Å². The Bertz CT molecular complexity index is 22.8. The van der Waals surface area contributed by atoms with Crippen molar-refractivity contribution in [2.24, 2.45) is 0 Å². The van der Waals surface area contributed by atoms with Crippen LogP contribution in [0.3, 0.4) is 0 Å². The van der Waals surface area contributed by atoms with Crippen molar-refractivity contribution in [3.05, 3.63) is 0 Å². The summed E-state index contributed by atoms with van der Waals surface area (Å²) in [7, 11) is 0. The van der Waals surface area contributed by atoms with Gasteiger partial charge in [-0.15, -0.1) is 11.6 Å². The first kappa shape index (κ1) is 6.60. The second-order valence-electron chi connectivity index (χ2n) is 0.678. The molecule has 0 saturated carbocycles. The van der Waals surface area contributed by atoms with Crippen LogP contribution in [0.1, 0.15) is 0 Å². The minimum Gasteiger partial charge on any atom is -0.314 e. The molecule has 0 aliphatic carbocycles. The first-order valence-electron chi connectivity index (χ1n) is 1.63. The number of halogens is 1. The molecule has 0 aliphatic heterocycles. The molecule has 3 heteroatoms. The maximum atomic E-state index is 5.24. The van der Waals surface area contributed by atoms with Gasteiger partial charge in [0, 0.05) is 12.1 Å². The van der Waals surface area contributed by atoms with Crippen molar-refractivity contribution < 1.29 is 4.18 Å². The van der Waals surface area contributed by atoms with Gasteiger partial charge in [-0.25, -0.2) is 0 Å². The van der Waals surface area contributed by atoms with Crippen LogP contribution < -0.4 is 0 Å². The van der Waals surface area contributed by atoms with Crippen LogP contribution in [0.4, 0.5) is 0 Å². The number of hydrogen-bond donors (Lipinski definition) is 0. The number of rotatable bonds is 3. The molecule has 0 aromatic heterocycles. The summed E-state index contributed by atoms with van der Waals surface area (Å²) in [6.07, 6.45) is 1.87. The lowest BCUT2D eigenvalue weighted by molar-refractivity contribution is 0.407. The highest BCUT2D eigenvalue weighted by Gasteiger charge is 1.75. The summed E-state index contributed by atoms with van der Waals surface area (Å²) in [6, 6.07) is 0. The molecule has 38 valence electrons. The third-order valence-electron chi connectivity index (χ3n) is 0.278. The van der Waals surface area contributed by atoms with Crippen molar-refractivity contribution in [2.45, 2.75) is 0 Å². The monoisotopic (exact) mass is 126 g/mol. The van der Waals surface area contributed by atoms with E-state index in [1.807, 2.05) is 6.26 Å². The van der Waals surface area contributed by atoms with Gasteiger partial charge in [0.2, 0.25) is 0 Å². The zero-order chi connectivity index (χ0) is 4.83. The van der Waals surface area contributed by atoms with Gasteiger partial charge in [-0.2, -0.15) is 0 Å². The van der Waals surface area contributed by atoms with Crippen molar-refractivity contribution in [3.63, 3.8) is 0 Å². The molecule has 0 N–H and O–H groups in total. The summed E-state index contributed by atoms with van der Waals surface area (Å²) < 4.78 is 4.77. The molecule has 0 bridgehead atoms. The van der Waals surface area contributed by atoms with Crippen LogP contribution in [-0.4, -0.2) is 18.7 Å². The van der Waals surface area contributed by atoms with E-state index < -0.39 is 0 Å². The average Bonchev–Trinajstić information content (AvgIpc) is 1.61. The van der Waals surface area contributed by atoms with E-state index in [4.69, 9.17) is 15.8 Å². The van der Waals surface area contributed by atoms with Crippen LogP contribution in [0.15, 0.2) is 0 Å². The van der Waals surface area contributed by atoms with Gasteiger partial charge in [0.25, 0.3) is 0 Å². The molecular formula is C3H7ClOS. The van der Waals surface area contributed by atoms with E-state index in [-0.39, 0.29) is 0 Å². The molecule has 0 aliphatic rings. The summed E-state index contributed by atoms with van der Waals surface area (Å²) in [5.41, 5.74) is 0. The summed E-state index contributed by atoms with van der Waals surface area (Å²) in [5, 5.41) is 0. The predicted molar refractivity (Wildman–Crippen MR) is 30.2 cm³/mol. The molecule has 6 heavy (non-hydrogen) atoms. The summed E-state index contributed by atoms with van der Waals surface area (Å²) in [5.74, 6) is 0.584. The van der Waals surface area contributed by atoms with E-state index in [1.165, 1.54) is 12.0 Å². The van der Waals surface area contributed by atoms with Gasteiger partial charge < -0.3 is 4.18 Å². The second-order valence-corrected chi connectivity index (χ2v) is 1.62. The number of hydrogen-bond acceptors (Lipinski definition) is 2. The van der Waals surface area contributed by atoms with Crippen LogP contribution in [-0.2, 0) is 4.18 Å². The lowest BCUT2D eigenvalue weighted by atomic mass is 10.9. The van der Waals surface area contributed by atoms with Crippen LogP contribution in [0, 0.1) is 0 Å². The zero-order valence-electron chi connectivity index (χ0n) is 3.61. The molecule has 0 atom stereocenters. The molecule has 0 spiro atoms. The molecule has 0 fully saturated rings. The predicted octanol–water partition coefficient (Wildman–Crippen LogP) is 1.52. The van der Waals surface area contributed by atoms with E-state index in [2.05, 4.69) is 0 Å². The fraction of sp³-hybridized carbons (Fsp3) is 1.00. The highest BCUT2D eigenvalue weighted by Crippen LogP contribution is 1.92. The normalized spacial score (nSPS) is 9.00. The van der Waals surface area contributed by atoms with E-state index in [0.29, 0.717) is 12.5 Å². The van der Waals surface area contributed by atoms with Crippen molar-refractivity contribution >= 4 is 23.6 Å². The quantitative estimate of drug-likeness (QED) is 0.322. The van der Waals surface area contributed by atoms with Gasteiger partial charge in [0.15, 0.2) is 0 Å². The van der Waals surface area contributed by atoms with Gasteiger partial charge in [-0.1, -0.05) is 0 Å². The standard InChI is InChI=1S/C3H7ClOS/c1-6-5-3-2-4/h2-3H2,1H3. The van der Waals surface area contributed by atoms with Crippen LogP contribution in [0.25, 0.3) is 0 Å². The maximum Gasteiger partial charge on any atom is 0.0749 e. The highest BCUT2D eigenvalue weighted by molar-refractivity contribution is 7.93. The Morgan fingerprint density at radius 1 is 1.83 bits per heavy atom. The van der Waals surface area contributed by atoms with Gasteiger partial charge in [0.1, 0.15) is 0 Å². The lowest BCUT2D eigenvalue weighted by Crippen LogP contribution is -1.83. The molecule has 0 amide bonds. The van der Waals surface area contributed by atoms with Crippen molar-refractivity contribution in [1.29, 1.82) is 0 Å². The third kappa shape index (κ3) is 4.60. The fourth-order valence-electron chi connectivity index (χ4n) is 0.115. The molecule has 0 unspecified atom stereocenters. The SMILES string of the molecule is CSOCCCl. The maximum absolute atomic E-state index is 5.24.